The molecule has 0 fully saturated rings. The van der Waals surface area contributed by atoms with E-state index in [-0.39, 0.29) is 0 Å². The lowest BCUT2D eigenvalue weighted by atomic mass is 10.1. The molecule has 1 aromatic heterocycles. The van der Waals surface area contributed by atoms with E-state index in [9.17, 15) is 0 Å². The van der Waals surface area contributed by atoms with Crippen LogP contribution < -0.4 is 5.32 Å². The number of hydrogen-bond acceptors (Lipinski definition) is 2. The molecule has 1 aliphatic carbocycles. The second kappa shape index (κ2) is 5.09. The lowest BCUT2D eigenvalue weighted by molar-refractivity contribution is 0.760. The molecule has 0 radical (unpaired) electrons. The number of para-hydroxylation sites is 2. The Morgan fingerprint density at radius 3 is 2.81 bits per heavy atom. The van der Waals surface area contributed by atoms with Crippen LogP contribution in [0.1, 0.15) is 23.6 Å². The van der Waals surface area contributed by atoms with E-state index in [1.807, 2.05) is 23.3 Å². The molecule has 0 amide bonds. The highest BCUT2D eigenvalue weighted by Crippen LogP contribution is 2.35. The number of rotatable bonds is 3. The second-order valence-corrected chi connectivity index (χ2v) is 5.42. The summed E-state index contributed by atoms with van der Waals surface area (Å²) < 4.78 is 2.04. The number of fused-ring (bicyclic) bond motifs is 1. The number of benzene rings is 2. The molecule has 21 heavy (non-hydrogen) atoms. The standard InChI is InChI=1S/C18H17N3/c1-2-6-15-14(5-1)9-10-16(15)20-17-7-3-4-8-18(17)21-12-11-19-13-21/h1-8,11-13,16,20H,9-10H2. The summed E-state index contributed by atoms with van der Waals surface area (Å²) in [6, 6.07) is 17.5. The van der Waals surface area contributed by atoms with Crippen molar-refractivity contribution in [3.8, 4) is 5.69 Å². The molecule has 0 saturated heterocycles. The Labute approximate surface area is 124 Å². The lowest BCUT2D eigenvalue weighted by Gasteiger charge is -2.18. The van der Waals surface area contributed by atoms with Crippen LogP contribution in [0.4, 0.5) is 5.69 Å². The van der Waals surface area contributed by atoms with Gasteiger partial charge in [-0.05, 0) is 36.1 Å². The average Bonchev–Trinajstić information content (AvgIpc) is 3.18. The third kappa shape index (κ3) is 2.21. The summed E-state index contributed by atoms with van der Waals surface area (Å²) in [5, 5.41) is 3.71. The highest BCUT2D eigenvalue weighted by atomic mass is 15.1. The number of anilines is 1. The highest BCUT2D eigenvalue weighted by Gasteiger charge is 2.22. The monoisotopic (exact) mass is 275 g/mol. The first-order valence-electron chi connectivity index (χ1n) is 7.33. The molecule has 4 rings (SSSR count). The number of nitrogens with one attached hydrogen (secondary N) is 1. The SMILES string of the molecule is c1ccc2c(c1)CCC2Nc1ccccc1-n1ccnc1. The van der Waals surface area contributed by atoms with Crippen LogP contribution in [0.2, 0.25) is 0 Å². The van der Waals surface area contributed by atoms with Gasteiger partial charge in [0, 0.05) is 12.4 Å². The van der Waals surface area contributed by atoms with Crippen LogP contribution in [0.15, 0.2) is 67.3 Å². The molecule has 3 aromatic rings. The number of imidazole rings is 1. The van der Waals surface area contributed by atoms with Crippen molar-refractivity contribution >= 4 is 5.69 Å². The molecule has 0 saturated carbocycles. The van der Waals surface area contributed by atoms with Gasteiger partial charge in [-0.25, -0.2) is 4.98 Å². The van der Waals surface area contributed by atoms with Gasteiger partial charge >= 0.3 is 0 Å². The van der Waals surface area contributed by atoms with Crippen LogP contribution in [-0.2, 0) is 6.42 Å². The normalized spacial score (nSPS) is 16.7. The van der Waals surface area contributed by atoms with Crippen molar-refractivity contribution < 1.29 is 0 Å². The smallest absolute Gasteiger partial charge is 0.0992 e. The molecule has 1 heterocycles. The van der Waals surface area contributed by atoms with Crippen molar-refractivity contribution in [2.45, 2.75) is 18.9 Å². The highest BCUT2D eigenvalue weighted by molar-refractivity contribution is 5.62. The first-order valence-corrected chi connectivity index (χ1v) is 7.33. The van der Waals surface area contributed by atoms with Crippen molar-refractivity contribution in [1.82, 2.24) is 9.55 Å². The van der Waals surface area contributed by atoms with Gasteiger partial charge in [0.25, 0.3) is 0 Å². The number of aryl methyl sites for hydroxylation is 1. The van der Waals surface area contributed by atoms with E-state index in [4.69, 9.17) is 0 Å². The molecule has 1 N–H and O–H groups in total. The zero-order chi connectivity index (χ0) is 14.1. The van der Waals surface area contributed by atoms with E-state index in [1.54, 1.807) is 0 Å². The summed E-state index contributed by atoms with van der Waals surface area (Å²) >= 11 is 0. The zero-order valence-electron chi connectivity index (χ0n) is 11.7. The van der Waals surface area contributed by atoms with Gasteiger partial charge in [-0.2, -0.15) is 0 Å². The Bertz CT molecular complexity index is 747. The third-order valence-electron chi connectivity index (χ3n) is 4.15. The van der Waals surface area contributed by atoms with Crippen molar-refractivity contribution in [2.75, 3.05) is 5.32 Å². The maximum absolute atomic E-state index is 4.14. The number of hydrogen-bond donors (Lipinski definition) is 1. The lowest BCUT2D eigenvalue weighted by Crippen LogP contribution is -2.09. The van der Waals surface area contributed by atoms with Gasteiger partial charge in [0.15, 0.2) is 0 Å². The van der Waals surface area contributed by atoms with Gasteiger partial charge in [-0.15, -0.1) is 0 Å². The first kappa shape index (κ1) is 12.2. The predicted molar refractivity (Wildman–Crippen MR) is 84.7 cm³/mol. The maximum atomic E-state index is 4.14. The predicted octanol–water partition coefficient (Wildman–Crippen LogP) is 3.97. The summed E-state index contributed by atoms with van der Waals surface area (Å²) in [6.07, 6.45) is 7.92. The summed E-state index contributed by atoms with van der Waals surface area (Å²) in [5.41, 5.74) is 5.18. The van der Waals surface area contributed by atoms with Gasteiger partial charge in [0.05, 0.1) is 23.7 Å². The van der Waals surface area contributed by atoms with Gasteiger partial charge in [-0.3, -0.25) is 0 Å². The van der Waals surface area contributed by atoms with E-state index in [0.29, 0.717) is 6.04 Å². The molecule has 1 atom stereocenters. The van der Waals surface area contributed by atoms with E-state index in [1.165, 1.54) is 11.1 Å². The van der Waals surface area contributed by atoms with E-state index in [0.717, 1.165) is 24.2 Å². The van der Waals surface area contributed by atoms with Crippen molar-refractivity contribution in [2.24, 2.45) is 0 Å². The number of aromatic nitrogens is 2. The largest absolute Gasteiger partial charge is 0.377 e. The summed E-state index contributed by atoms with van der Waals surface area (Å²) in [4.78, 5) is 4.14. The summed E-state index contributed by atoms with van der Waals surface area (Å²) in [5.74, 6) is 0. The zero-order valence-corrected chi connectivity index (χ0v) is 11.7. The van der Waals surface area contributed by atoms with Gasteiger partial charge < -0.3 is 9.88 Å². The summed E-state index contributed by atoms with van der Waals surface area (Å²) in [7, 11) is 0. The van der Waals surface area contributed by atoms with Crippen LogP contribution in [0.3, 0.4) is 0 Å². The number of nitrogens with zero attached hydrogens (tertiary/aromatic N) is 2. The van der Waals surface area contributed by atoms with Crippen LogP contribution in [0.25, 0.3) is 5.69 Å². The summed E-state index contributed by atoms with van der Waals surface area (Å²) in [6.45, 7) is 0. The molecular formula is C18H17N3. The molecule has 104 valence electrons. The molecule has 0 spiro atoms. The quantitative estimate of drug-likeness (QED) is 0.783. The fourth-order valence-corrected chi connectivity index (χ4v) is 3.12. The molecule has 3 heteroatoms. The molecule has 0 aliphatic heterocycles. The van der Waals surface area contributed by atoms with Gasteiger partial charge in [0.1, 0.15) is 0 Å². The second-order valence-electron chi connectivity index (χ2n) is 5.42. The molecule has 1 unspecified atom stereocenters. The molecule has 2 aromatic carbocycles. The first-order chi connectivity index (χ1) is 10.4. The maximum Gasteiger partial charge on any atom is 0.0992 e. The molecule has 3 nitrogen and oxygen atoms in total. The minimum Gasteiger partial charge on any atom is -0.377 e. The van der Waals surface area contributed by atoms with Crippen molar-refractivity contribution in [3.63, 3.8) is 0 Å². The van der Waals surface area contributed by atoms with E-state index in [2.05, 4.69) is 58.8 Å². The van der Waals surface area contributed by atoms with Gasteiger partial charge in [-0.1, -0.05) is 36.4 Å². The molecular weight excluding hydrogens is 258 g/mol. The minimum absolute atomic E-state index is 0.394. The Balaban J connectivity index is 1.67. The minimum atomic E-state index is 0.394. The van der Waals surface area contributed by atoms with Crippen molar-refractivity contribution in [1.29, 1.82) is 0 Å². The van der Waals surface area contributed by atoms with E-state index < -0.39 is 0 Å². The van der Waals surface area contributed by atoms with Crippen LogP contribution in [0.5, 0.6) is 0 Å². The Hall–Kier alpha value is -2.55. The van der Waals surface area contributed by atoms with Crippen molar-refractivity contribution in [3.05, 3.63) is 78.4 Å². The molecule has 1 aliphatic rings. The van der Waals surface area contributed by atoms with Crippen LogP contribution >= 0.6 is 0 Å². The average molecular weight is 275 g/mol. The fraction of sp³-hybridized carbons (Fsp3) is 0.167. The van der Waals surface area contributed by atoms with Gasteiger partial charge in [0.2, 0.25) is 0 Å². The van der Waals surface area contributed by atoms with Crippen LogP contribution in [-0.4, -0.2) is 9.55 Å². The Kier molecular flexibility index (Phi) is 2.96. The fourth-order valence-electron chi connectivity index (χ4n) is 3.12. The molecule has 0 bridgehead atoms. The Morgan fingerprint density at radius 2 is 1.90 bits per heavy atom. The topological polar surface area (TPSA) is 29.9 Å². The van der Waals surface area contributed by atoms with Crippen LogP contribution in [0, 0.1) is 0 Å². The van der Waals surface area contributed by atoms with E-state index >= 15 is 0 Å². The Morgan fingerprint density at radius 1 is 1.05 bits per heavy atom. The third-order valence-corrected chi connectivity index (χ3v) is 4.15.